The number of methoxy groups -OCH3 is 1. The molecule has 2 rings (SSSR count). The molecule has 0 amide bonds. The van der Waals surface area contributed by atoms with Crippen LogP contribution in [0.2, 0.25) is 0 Å². The molecule has 0 aliphatic heterocycles. The van der Waals surface area contributed by atoms with E-state index in [1.165, 1.54) is 0 Å². The molecule has 0 aliphatic carbocycles. The Kier molecular flexibility index (Phi) is 4.19. The van der Waals surface area contributed by atoms with Crippen molar-refractivity contribution in [1.82, 2.24) is 0 Å². The van der Waals surface area contributed by atoms with Crippen LogP contribution in [-0.2, 0) is 4.74 Å². The van der Waals surface area contributed by atoms with E-state index < -0.39 is 0 Å². The first-order valence-corrected chi connectivity index (χ1v) is 5.68. The monoisotopic (exact) mass is 241 g/mol. The summed E-state index contributed by atoms with van der Waals surface area (Å²) in [6.45, 7) is 0.632. The van der Waals surface area contributed by atoms with Gasteiger partial charge in [0.1, 0.15) is 5.75 Å². The van der Waals surface area contributed by atoms with E-state index in [-0.39, 0.29) is 6.79 Å². The molecule has 2 N–H and O–H groups in total. The second-order valence-corrected chi connectivity index (χ2v) is 3.78. The average molecular weight is 241 g/mol. The number of nitrogens with two attached hydrogens (primary N) is 1. The Balaban J connectivity index is 2.30. The lowest BCUT2D eigenvalue weighted by molar-refractivity contribution is 0.0512. The minimum absolute atomic E-state index is 0.256. The zero-order chi connectivity index (χ0) is 12.8. The van der Waals surface area contributed by atoms with Crippen molar-refractivity contribution < 1.29 is 9.47 Å². The first-order chi connectivity index (χ1) is 8.83. The number of ether oxygens (including phenoxy) is 2. The van der Waals surface area contributed by atoms with Gasteiger partial charge in [-0.3, -0.25) is 0 Å². The lowest BCUT2D eigenvalue weighted by Crippen LogP contribution is -1.98. The third-order valence-corrected chi connectivity index (χ3v) is 2.49. The predicted molar refractivity (Wildman–Crippen MR) is 72.4 cm³/mol. The molecule has 0 heterocycles. The quantitative estimate of drug-likeness (QED) is 0.661. The van der Waals surface area contributed by atoms with Gasteiger partial charge in [-0.05, 0) is 35.0 Å². The Morgan fingerprint density at radius 2 is 1.89 bits per heavy atom. The molecule has 0 radical (unpaired) electrons. The first kappa shape index (κ1) is 12.4. The third-order valence-electron chi connectivity index (χ3n) is 2.49. The Hall–Kier alpha value is -2.02. The van der Waals surface area contributed by atoms with Crippen molar-refractivity contribution in [3.63, 3.8) is 0 Å². The van der Waals surface area contributed by atoms with Gasteiger partial charge < -0.3 is 15.2 Å². The van der Waals surface area contributed by atoms with Crippen LogP contribution in [0.5, 0.6) is 5.75 Å². The fourth-order valence-electron chi connectivity index (χ4n) is 1.67. The van der Waals surface area contributed by atoms with Crippen LogP contribution in [0.25, 0.3) is 10.8 Å². The minimum Gasteiger partial charge on any atom is -0.468 e. The van der Waals surface area contributed by atoms with Gasteiger partial charge in [-0.25, -0.2) is 0 Å². The average Bonchev–Trinajstić information content (AvgIpc) is 2.42. The summed E-state index contributed by atoms with van der Waals surface area (Å²) in [6, 6.07) is 11.9. The lowest BCUT2D eigenvalue weighted by atomic mass is 10.1. The van der Waals surface area contributed by atoms with Gasteiger partial charge in [0.2, 0.25) is 0 Å². The van der Waals surface area contributed by atoms with E-state index in [4.69, 9.17) is 15.2 Å². The molecule has 0 saturated heterocycles. The molecule has 3 heteroatoms. The molecule has 18 heavy (non-hydrogen) atoms. The number of hydrogen-bond acceptors (Lipinski definition) is 3. The van der Waals surface area contributed by atoms with Gasteiger partial charge in [0.15, 0.2) is 6.79 Å². The summed E-state index contributed by atoms with van der Waals surface area (Å²) >= 11 is 0. The Labute approximate surface area is 107 Å². The van der Waals surface area contributed by atoms with Gasteiger partial charge in [0, 0.05) is 12.7 Å². The van der Waals surface area contributed by atoms with Gasteiger partial charge in [-0.1, -0.05) is 24.0 Å². The van der Waals surface area contributed by atoms with Crippen LogP contribution in [0.3, 0.4) is 0 Å². The van der Waals surface area contributed by atoms with Crippen molar-refractivity contribution in [2.75, 3.05) is 20.4 Å². The summed E-state index contributed by atoms with van der Waals surface area (Å²) in [5, 5.41) is 2.24. The highest BCUT2D eigenvalue weighted by Gasteiger charge is 1.98. The maximum atomic E-state index is 5.39. The van der Waals surface area contributed by atoms with Gasteiger partial charge in [0.05, 0.1) is 6.54 Å². The van der Waals surface area contributed by atoms with Gasteiger partial charge in [-0.15, -0.1) is 0 Å². The molecule has 3 nitrogen and oxygen atoms in total. The molecule has 0 spiro atoms. The summed E-state index contributed by atoms with van der Waals surface area (Å²) in [5.74, 6) is 6.66. The molecular weight excluding hydrogens is 226 g/mol. The molecule has 0 fully saturated rings. The standard InChI is InChI=1S/C15H15NO2/c1-17-11-18-15-7-6-13-9-12(3-2-8-16)4-5-14(13)10-15/h4-7,9-10H,8,11,16H2,1H3. The molecule has 0 saturated carbocycles. The summed E-state index contributed by atoms with van der Waals surface area (Å²) < 4.78 is 10.3. The molecule has 92 valence electrons. The molecule has 2 aromatic carbocycles. The van der Waals surface area contributed by atoms with Crippen LogP contribution < -0.4 is 10.5 Å². The van der Waals surface area contributed by atoms with E-state index in [2.05, 4.69) is 11.8 Å². The van der Waals surface area contributed by atoms with Crippen LogP contribution in [-0.4, -0.2) is 20.4 Å². The molecule has 2 aromatic rings. The molecule has 0 atom stereocenters. The number of hydrogen-bond donors (Lipinski definition) is 1. The highest BCUT2D eigenvalue weighted by molar-refractivity contribution is 5.85. The van der Waals surface area contributed by atoms with Crippen LogP contribution in [0.4, 0.5) is 0 Å². The zero-order valence-electron chi connectivity index (χ0n) is 10.3. The lowest BCUT2D eigenvalue weighted by Gasteiger charge is -2.06. The Morgan fingerprint density at radius 3 is 2.67 bits per heavy atom. The Morgan fingerprint density at radius 1 is 1.11 bits per heavy atom. The smallest absolute Gasteiger partial charge is 0.188 e. The van der Waals surface area contributed by atoms with E-state index in [0.717, 1.165) is 22.1 Å². The fourth-order valence-corrected chi connectivity index (χ4v) is 1.67. The van der Waals surface area contributed by atoms with Crippen molar-refractivity contribution in [3.05, 3.63) is 42.0 Å². The summed E-state index contributed by atoms with van der Waals surface area (Å²) in [7, 11) is 1.60. The maximum absolute atomic E-state index is 5.39. The van der Waals surface area contributed by atoms with Crippen molar-refractivity contribution in [3.8, 4) is 17.6 Å². The van der Waals surface area contributed by atoms with E-state index in [1.807, 2.05) is 36.4 Å². The van der Waals surface area contributed by atoms with Crippen LogP contribution >= 0.6 is 0 Å². The highest BCUT2D eigenvalue weighted by Crippen LogP contribution is 2.21. The molecule has 0 aromatic heterocycles. The molecule has 0 aliphatic rings. The maximum Gasteiger partial charge on any atom is 0.188 e. The number of fused-ring (bicyclic) bond motifs is 1. The van der Waals surface area contributed by atoms with Crippen LogP contribution in [0.1, 0.15) is 5.56 Å². The van der Waals surface area contributed by atoms with Crippen LogP contribution in [0, 0.1) is 11.8 Å². The number of benzene rings is 2. The summed E-state index contributed by atoms with van der Waals surface area (Å²) in [6.07, 6.45) is 0. The van der Waals surface area contributed by atoms with E-state index in [0.29, 0.717) is 6.54 Å². The van der Waals surface area contributed by atoms with Crippen molar-refractivity contribution >= 4 is 10.8 Å². The van der Waals surface area contributed by atoms with Gasteiger partial charge >= 0.3 is 0 Å². The summed E-state index contributed by atoms with van der Waals surface area (Å²) in [4.78, 5) is 0. The van der Waals surface area contributed by atoms with E-state index >= 15 is 0 Å². The zero-order valence-corrected chi connectivity index (χ0v) is 10.3. The van der Waals surface area contributed by atoms with E-state index in [9.17, 15) is 0 Å². The van der Waals surface area contributed by atoms with Gasteiger partial charge in [-0.2, -0.15) is 0 Å². The first-order valence-electron chi connectivity index (χ1n) is 5.68. The van der Waals surface area contributed by atoms with Gasteiger partial charge in [0.25, 0.3) is 0 Å². The van der Waals surface area contributed by atoms with E-state index in [1.54, 1.807) is 7.11 Å². The highest BCUT2D eigenvalue weighted by atomic mass is 16.7. The molecule has 0 bridgehead atoms. The largest absolute Gasteiger partial charge is 0.468 e. The minimum atomic E-state index is 0.256. The SMILES string of the molecule is COCOc1ccc2cc(C#CCN)ccc2c1. The number of rotatable bonds is 3. The Bertz CT molecular complexity index is 596. The predicted octanol–water partition coefficient (Wildman–Crippen LogP) is 2.13. The third kappa shape index (κ3) is 3.01. The van der Waals surface area contributed by atoms with Crippen molar-refractivity contribution in [1.29, 1.82) is 0 Å². The summed E-state index contributed by atoms with van der Waals surface area (Å²) in [5.41, 5.74) is 6.32. The fraction of sp³-hybridized carbons (Fsp3) is 0.200. The molecular formula is C15H15NO2. The molecule has 0 unspecified atom stereocenters. The topological polar surface area (TPSA) is 44.5 Å². The van der Waals surface area contributed by atoms with Crippen molar-refractivity contribution in [2.45, 2.75) is 0 Å². The van der Waals surface area contributed by atoms with Crippen LogP contribution in [0.15, 0.2) is 36.4 Å². The van der Waals surface area contributed by atoms with Crippen molar-refractivity contribution in [2.24, 2.45) is 5.73 Å². The second-order valence-electron chi connectivity index (χ2n) is 3.78. The normalized spacial score (nSPS) is 9.89. The second kappa shape index (κ2) is 6.06.